The molecule has 0 saturated carbocycles. The van der Waals surface area contributed by atoms with Crippen LogP contribution >= 0.6 is 18.2 Å². The van der Waals surface area contributed by atoms with Crippen molar-refractivity contribution in [3.05, 3.63) is 0 Å². The SMILES string of the molecule is CNCC(CNC)CSP(=O)(O)O. The van der Waals surface area contributed by atoms with Gasteiger partial charge in [0.15, 0.2) is 0 Å². The van der Waals surface area contributed by atoms with Gasteiger partial charge in [0.05, 0.1) is 0 Å². The van der Waals surface area contributed by atoms with E-state index in [1.165, 1.54) is 0 Å². The van der Waals surface area contributed by atoms with Gasteiger partial charge in [-0.1, -0.05) is 0 Å². The Labute approximate surface area is 82.6 Å². The van der Waals surface area contributed by atoms with Crippen molar-refractivity contribution in [2.75, 3.05) is 32.9 Å². The lowest BCUT2D eigenvalue weighted by molar-refractivity contribution is 0.396. The van der Waals surface area contributed by atoms with E-state index in [-0.39, 0.29) is 5.92 Å². The third-order valence-electron chi connectivity index (χ3n) is 1.46. The summed E-state index contributed by atoms with van der Waals surface area (Å²) in [7, 11) is 3.65. The molecule has 0 fully saturated rings. The first-order chi connectivity index (χ1) is 5.99. The molecule has 0 spiro atoms. The third-order valence-corrected chi connectivity index (χ3v) is 3.88. The Morgan fingerprint density at radius 1 is 1.31 bits per heavy atom. The van der Waals surface area contributed by atoms with Crippen LogP contribution in [0.2, 0.25) is 0 Å². The van der Waals surface area contributed by atoms with E-state index in [0.717, 1.165) is 13.1 Å². The minimum atomic E-state index is -3.91. The summed E-state index contributed by atoms with van der Waals surface area (Å²) in [5.41, 5.74) is 0. The molecule has 0 saturated heterocycles. The van der Waals surface area contributed by atoms with Crippen LogP contribution in [-0.2, 0) is 4.57 Å². The predicted octanol–water partition coefficient (Wildman–Crippen LogP) is -0.133. The summed E-state index contributed by atoms with van der Waals surface area (Å²) < 4.78 is 10.6. The molecule has 0 aromatic rings. The maximum Gasteiger partial charge on any atom is 0.383 e. The summed E-state index contributed by atoms with van der Waals surface area (Å²) >= 11 is 0.708. The average Bonchev–Trinajstić information content (AvgIpc) is 2.00. The molecule has 4 N–H and O–H groups in total. The van der Waals surface area contributed by atoms with Crippen LogP contribution in [0.5, 0.6) is 0 Å². The zero-order chi connectivity index (χ0) is 10.3. The van der Waals surface area contributed by atoms with Gasteiger partial charge in [-0.3, -0.25) is 0 Å². The zero-order valence-corrected chi connectivity index (χ0v) is 9.57. The van der Waals surface area contributed by atoms with Gasteiger partial charge in [0.25, 0.3) is 0 Å². The molecule has 0 aliphatic rings. The molecule has 0 aliphatic carbocycles. The van der Waals surface area contributed by atoms with Crippen molar-refractivity contribution in [2.24, 2.45) is 5.92 Å². The Hall–Kier alpha value is 0.420. The first kappa shape index (κ1) is 13.4. The van der Waals surface area contributed by atoms with Crippen LogP contribution in [-0.4, -0.2) is 42.7 Å². The van der Waals surface area contributed by atoms with Crippen LogP contribution < -0.4 is 10.6 Å². The van der Waals surface area contributed by atoms with E-state index >= 15 is 0 Å². The highest BCUT2D eigenvalue weighted by Gasteiger charge is 2.17. The van der Waals surface area contributed by atoms with Crippen molar-refractivity contribution in [2.45, 2.75) is 0 Å². The van der Waals surface area contributed by atoms with E-state index in [0.29, 0.717) is 17.1 Å². The number of nitrogens with one attached hydrogen (secondary N) is 2. The van der Waals surface area contributed by atoms with Gasteiger partial charge < -0.3 is 20.4 Å². The molecule has 0 heterocycles. The van der Waals surface area contributed by atoms with Crippen LogP contribution in [0.1, 0.15) is 0 Å². The molecule has 0 aliphatic heterocycles. The zero-order valence-electron chi connectivity index (χ0n) is 7.86. The van der Waals surface area contributed by atoms with E-state index < -0.39 is 6.80 Å². The van der Waals surface area contributed by atoms with Crippen LogP contribution in [0.25, 0.3) is 0 Å². The van der Waals surface area contributed by atoms with Crippen LogP contribution in [0.3, 0.4) is 0 Å². The van der Waals surface area contributed by atoms with Gasteiger partial charge in [-0.2, -0.15) is 0 Å². The van der Waals surface area contributed by atoms with Crippen molar-refractivity contribution >= 4 is 18.2 Å². The molecule has 5 nitrogen and oxygen atoms in total. The van der Waals surface area contributed by atoms with E-state index in [1.54, 1.807) is 0 Å². The quantitative estimate of drug-likeness (QED) is 0.454. The molecule has 13 heavy (non-hydrogen) atoms. The summed E-state index contributed by atoms with van der Waals surface area (Å²) in [6.45, 7) is -2.39. The van der Waals surface area contributed by atoms with Crippen LogP contribution in [0.4, 0.5) is 0 Å². The fourth-order valence-electron chi connectivity index (χ4n) is 0.970. The smallest absolute Gasteiger partial charge is 0.319 e. The first-order valence-corrected chi connectivity index (χ1v) is 7.19. The number of rotatable bonds is 7. The lowest BCUT2D eigenvalue weighted by Crippen LogP contribution is -2.29. The number of hydrogen-bond donors (Lipinski definition) is 4. The predicted molar refractivity (Wildman–Crippen MR) is 55.8 cm³/mol. The summed E-state index contributed by atoms with van der Waals surface area (Å²) in [6, 6.07) is 0. The molecule has 80 valence electrons. The largest absolute Gasteiger partial charge is 0.383 e. The monoisotopic (exact) mass is 228 g/mol. The second-order valence-corrected chi connectivity index (χ2v) is 6.54. The molecular weight excluding hydrogens is 211 g/mol. The van der Waals surface area contributed by atoms with Gasteiger partial charge in [-0.25, -0.2) is 4.57 Å². The summed E-state index contributed by atoms with van der Waals surface area (Å²) in [5, 5.41) is 5.97. The fourth-order valence-corrected chi connectivity index (χ4v) is 2.83. The highest BCUT2D eigenvalue weighted by atomic mass is 32.7. The average molecular weight is 228 g/mol. The van der Waals surface area contributed by atoms with Gasteiger partial charge in [0.1, 0.15) is 0 Å². The Morgan fingerprint density at radius 3 is 2.08 bits per heavy atom. The van der Waals surface area contributed by atoms with Crippen molar-refractivity contribution in [3.63, 3.8) is 0 Å². The second kappa shape index (κ2) is 6.81. The Kier molecular flexibility index (Phi) is 7.03. The molecule has 0 aromatic carbocycles. The molecule has 0 amide bonds. The molecule has 0 unspecified atom stereocenters. The third kappa shape index (κ3) is 8.74. The van der Waals surface area contributed by atoms with E-state index in [2.05, 4.69) is 10.6 Å². The standard InChI is InChI=1S/C6H17N2O3PS/c1-7-3-6(4-8-2)5-13-12(9,10)11/h6-8H,3-5H2,1-2H3,(H2,9,10,11). The lowest BCUT2D eigenvalue weighted by Gasteiger charge is -2.15. The van der Waals surface area contributed by atoms with Crippen molar-refractivity contribution in [1.29, 1.82) is 0 Å². The normalized spacial score (nSPS) is 12.4. The number of hydrogen-bond acceptors (Lipinski definition) is 4. The van der Waals surface area contributed by atoms with Crippen LogP contribution in [0, 0.1) is 5.92 Å². The fraction of sp³-hybridized carbons (Fsp3) is 1.00. The molecule has 7 heteroatoms. The molecule has 0 rings (SSSR count). The highest BCUT2D eigenvalue weighted by Crippen LogP contribution is 2.50. The molecular formula is C6H17N2O3PS. The first-order valence-electron chi connectivity index (χ1n) is 3.99. The minimum Gasteiger partial charge on any atom is -0.319 e. The van der Waals surface area contributed by atoms with E-state index in [1.807, 2.05) is 14.1 Å². The summed E-state index contributed by atoms with van der Waals surface area (Å²) in [6.07, 6.45) is 0. The van der Waals surface area contributed by atoms with Crippen molar-refractivity contribution < 1.29 is 14.4 Å². The van der Waals surface area contributed by atoms with Gasteiger partial charge in [-0.15, -0.1) is 0 Å². The lowest BCUT2D eigenvalue weighted by atomic mass is 10.2. The Balaban J connectivity index is 3.74. The van der Waals surface area contributed by atoms with Gasteiger partial charge in [0, 0.05) is 5.75 Å². The Bertz CT molecular complexity index is 169. The summed E-state index contributed by atoms with van der Waals surface area (Å²) in [5.74, 6) is 0.707. The minimum absolute atomic E-state index is 0.243. The van der Waals surface area contributed by atoms with Crippen LogP contribution in [0.15, 0.2) is 0 Å². The maximum atomic E-state index is 10.6. The molecule has 0 atom stereocenters. The topological polar surface area (TPSA) is 81.6 Å². The van der Waals surface area contributed by atoms with E-state index in [4.69, 9.17) is 9.79 Å². The van der Waals surface area contributed by atoms with Gasteiger partial charge in [-0.05, 0) is 44.5 Å². The van der Waals surface area contributed by atoms with Gasteiger partial charge in [0.2, 0.25) is 0 Å². The van der Waals surface area contributed by atoms with Crippen molar-refractivity contribution in [3.8, 4) is 0 Å². The highest BCUT2D eigenvalue weighted by molar-refractivity contribution is 8.54. The maximum absolute atomic E-state index is 10.6. The molecule has 0 aromatic heterocycles. The van der Waals surface area contributed by atoms with E-state index in [9.17, 15) is 4.57 Å². The molecule has 0 bridgehead atoms. The van der Waals surface area contributed by atoms with Crippen molar-refractivity contribution in [1.82, 2.24) is 10.6 Å². The molecule has 0 radical (unpaired) electrons. The summed E-state index contributed by atoms with van der Waals surface area (Å²) in [4.78, 5) is 17.3. The second-order valence-electron chi connectivity index (χ2n) is 2.77. The Morgan fingerprint density at radius 2 is 1.77 bits per heavy atom. The van der Waals surface area contributed by atoms with Gasteiger partial charge >= 0.3 is 6.80 Å².